The normalized spacial score (nSPS) is 22.0. The van der Waals surface area contributed by atoms with E-state index in [1.165, 1.54) is 0 Å². The maximum atomic E-state index is 9.21. The second-order valence-electron chi connectivity index (χ2n) is 4.99. The molecule has 108 valence electrons. The molecule has 0 unspecified atom stereocenters. The zero-order valence-corrected chi connectivity index (χ0v) is 11.9. The van der Waals surface area contributed by atoms with Gasteiger partial charge in [-0.3, -0.25) is 0 Å². The van der Waals surface area contributed by atoms with Gasteiger partial charge < -0.3 is 14.1 Å². The minimum absolute atomic E-state index is 0.0236. The predicted molar refractivity (Wildman–Crippen MR) is 73.5 cm³/mol. The zero-order chi connectivity index (χ0) is 14.8. The van der Waals surface area contributed by atoms with Gasteiger partial charge in [0.1, 0.15) is 11.9 Å². The van der Waals surface area contributed by atoms with E-state index in [0.29, 0.717) is 36.3 Å². The predicted octanol–water partition coefficient (Wildman–Crippen LogP) is 1.61. The molecule has 7 heteroatoms. The van der Waals surface area contributed by atoms with Crippen LogP contribution in [0.3, 0.4) is 0 Å². The molecule has 2 aromatic heterocycles. The van der Waals surface area contributed by atoms with Gasteiger partial charge in [-0.15, -0.1) is 10.2 Å². The Labute approximate surface area is 122 Å². The van der Waals surface area contributed by atoms with Gasteiger partial charge in [0, 0.05) is 19.7 Å². The molecule has 2 aromatic rings. The highest BCUT2D eigenvalue weighted by Crippen LogP contribution is 2.28. The van der Waals surface area contributed by atoms with Gasteiger partial charge in [0.05, 0.1) is 18.2 Å². The molecule has 2 atom stereocenters. The van der Waals surface area contributed by atoms with E-state index in [9.17, 15) is 5.26 Å². The van der Waals surface area contributed by atoms with Crippen LogP contribution >= 0.6 is 0 Å². The van der Waals surface area contributed by atoms with E-state index in [1.54, 1.807) is 25.3 Å². The second kappa shape index (κ2) is 5.50. The molecule has 3 rings (SSSR count). The molecular formula is C14H15N5O2. The Balaban J connectivity index is 1.88. The van der Waals surface area contributed by atoms with Crippen LogP contribution in [0.1, 0.15) is 30.4 Å². The summed E-state index contributed by atoms with van der Waals surface area (Å²) in [5.41, 5.74) is 0.548. The summed E-state index contributed by atoms with van der Waals surface area (Å²) in [4.78, 5) is 6.35. The Kier molecular flexibility index (Phi) is 3.54. The highest BCUT2D eigenvalue weighted by molar-refractivity contribution is 5.53. The van der Waals surface area contributed by atoms with Gasteiger partial charge in [0.25, 0.3) is 0 Å². The Bertz CT molecular complexity index is 678. The number of rotatable bonds is 2. The number of nitriles is 1. The Morgan fingerprint density at radius 2 is 2.24 bits per heavy atom. The van der Waals surface area contributed by atoms with Crippen molar-refractivity contribution >= 4 is 5.82 Å². The molecule has 0 radical (unpaired) electrons. The summed E-state index contributed by atoms with van der Waals surface area (Å²) < 4.78 is 11.3. The minimum atomic E-state index is -0.316. The molecule has 0 saturated carbocycles. The van der Waals surface area contributed by atoms with Gasteiger partial charge in [0.2, 0.25) is 11.8 Å². The molecule has 0 aliphatic carbocycles. The first-order valence-corrected chi connectivity index (χ1v) is 6.73. The number of aromatic nitrogens is 3. The van der Waals surface area contributed by atoms with Crippen LogP contribution in [-0.2, 0) is 4.74 Å². The third-order valence-electron chi connectivity index (χ3n) is 3.28. The fraction of sp³-hybridized carbons (Fsp3) is 0.429. The molecule has 0 spiro atoms. The van der Waals surface area contributed by atoms with Gasteiger partial charge in [-0.05, 0) is 19.1 Å². The van der Waals surface area contributed by atoms with E-state index >= 15 is 0 Å². The lowest BCUT2D eigenvalue weighted by Gasteiger charge is -2.36. The van der Waals surface area contributed by atoms with Crippen LogP contribution in [0.4, 0.5) is 5.82 Å². The minimum Gasteiger partial charge on any atom is -0.423 e. The van der Waals surface area contributed by atoms with Crippen molar-refractivity contribution in [3.63, 3.8) is 0 Å². The Hall–Kier alpha value is -2.46. The molecule has 1 aliphatic heterocycles. The molecule has 1 fully saturated rings. The van der Waals surface area contributed by atoms with Crippen molar-refractivity contribution in [2.24, 2.45) is 0 Å². The molecule has 0 aromatic carbocycles. The molecule has 0 bridgehead atoms. The summed E-state index contributed by atoms with van der Waals surface area (Å²) in [5, 5.41) is 17.1. The molecule has 21 heavy (non-hydrogen) atoms. The molecule has 7 nitrogen and oxygen atoms in total. The van der Waals surface area contributed by atoms with Crippen molar-refractivity contribution in [1.29, 1.82) is 5.26 Å². The first-order valence-electron chi connectivity index (χ1n) is 6.73. The molecule has 3 heterocycles. The molecule has 0 amide bonds. The largest absolute Gasteiger partial charge is 0.423 e. The van der Waals surface area contributed by atoms with Crippen LogP contribution in [0.25, 0.3) is 0 Å². The summed E-state index contributed by atoms with van der Waals surface area (Å²) >= 11 is 0. The van der Waals surface area contributed by atoms with E-state index < -0.39 is 0 Å². The van der Waals surface area contributed by atoms with Crippen molar-refractivity contribution in [2.45, 2.75) is 26.1 Å². The lowest BCUT2D eigenvalue weighted by atomic mass is 10.2. The van der Waals surface area contributed by atoms with Crippen LogP contribution in [0.2, 0.25) is 0 Å². The summed E-state index contributed by atoms with van der Waals surface area (Å²) in [7, 11) is 0. The quantitative estimate of drug-likeness (QED) is 0.828. The topological polar surface area (TPSA) is 88.1 Å². The lowest BCUT2D eigenvalue weighted by molar-refractivity contribution is -0.0314. The average Bonchev–Trinajstić information content (AvgIpc) is 2.93. The monoisotopic (exact) mass is 285 g/mol. The van der Waals surface area contributed by atoms with E-state index in [0.717, 1.165) is 0 Å². The van der Waals surface area contributed by atoms with Gasteiger partial charge in [-0.25, -0.2) is 4.98 Å². The molecule has 0 N–H and O–H groups in total. The number of hydrogen-bond donors (Lipinski definition) is 0. The number of ether oxygens (including phenoxy) is 1. The number of hydrogen-bond acceptors (Lipinski definition) is 7. The molecular weight excluding hydrogens is 270 g/mol. The van der Waals surface area contributed by atoms with Gasteiger partial charge in [-0.1, -0.05) is 0 Å². The van der Waals surface area contributed by atoms with Crippen molar-refractivity contribution in [3.8, 4) is 6.07 Å². The number of anilines is 1. The van der Waals surface area contributed by atoms with Gasteiger partial charge >= 0.3 is 0 Å². The van der Waals surface area contributed by atoms with Crippen LogP contribution in [0.15, 0.2) is 22.7 Å². The maximum absolute atomic E-state index is 9.21. The van der Waals surface area contributed by atoms with E-state index in [4.69, 9.17) is 9.15 Å². The van der Waals surface area contributed by atoms with Crippen molar-refractivity contribution in [2.75, 3.05) is 18.0 Å². The lowest BCUT2D eigenvalue weighted by Crippen LogP contribution is -2.43. The van der Waals surface area contributed by atoms with E-state index in [-0.39, 0.29) is 12.2 Å². The molecule has 1 saturated heterocycles. The fourth-order valence-corrected chi connectivity index (χ4v) is 2.44. The summed E-state index contributed by atoms with van der Waals surface area (Å²) in [6.45, 7) is 4.90. The van der Waals surface area contributed by atoms with Crippen LogP contribution in [0, 0.1) is 18.3 Å². The Morgan fingerprint density at radius 1 is 1.38 bits per heavy atom. The first kappa shape index (κ1) is 13.5. The van der Waals surface area contributed by atoms with Crippen molar-refractivity contribution < 1.29 is 9.15 Å². The van der Waals surface area contributed by atoms with Gasteiger partial charge in [0.15, 0.2) is 6.10 Å². The fourth-order valence-electron chi connectivity index (χ4n) is 2.44. The number of nitrogens with zero attached hydrogens (tertiary/aromatic N) is 5. The highest BCUT2D eigenvalue weighted by Gasteiger charge is 2.31. The second-order valence-corrected chi connectivity index (χ2v) is 4.99. The number of pyridine rings is 1. The average molecular weight is 285 g/mol. The molecule has 1 aliphatic rings. The SMILES string of the molecule is Cc1nnc([C@H]2CN(c3ncccc3C#N)C[C@@H](C)O2)o1. The van der Waals surface area contributed by atoms with Crippen LogP contribution < -0.4 is 4.90 Å². The van der Waals surface area contributed by atoms with Crippen LogP contribution in [-0.4, -0.2) is 34.4 Å². The highest BCUT2D eigenvalue weighted by atomic mass is 16.5. The summed E-state index contributed by atoms with van der Waals surface area (Å²) in [6.07, 6.45) is 1.34. The Morgan fingerprint density at radius 3 is 2.95 bits per heavy atom. The maximum Gasteiger partial charge on any atom is 0.247 e. The van der Waals surface area contributed by atoms with E-state index in [1.807, 2.05) is 11.8 Å². The van der Waals surface area contributed by atoms with Crippen molar-refractivity contribution in [3.05, 3.63) is 35.7 Å². The smallest absolute Gasteiger partial charge is 0.247 e. The third kappa shape index (κ3) is 2.71. The van der Waals surface area contributed by atoms with E-state index in [2.05, 4.69) is 21.3 Å². The van der Waals surface area contributed by atoms with Crippen molar-refractivity contribution in [1.82, 2.24) is 15.2 Å². The third-order valence-corrected chi connectivity index (χ3v) is 3.28. The summed E-state index contributed by atoms with van der Waals surface area (Å²) in [5.74, 6) is 1.63. The van der Waals surface area contributed by atoms with Crippen LogP contribution in [0.5, 0.6) is 0 Å². The number of aryl methyl sites for hydroxylation is 1. The number of morpholine rings is 1. The van der Waals surface area contributed by atoms with Gasteiger partial charge in [-0.2, -0.15) is 5.26 Å². The summed E-state index contributed by atoms with van der Waals surface area (Å²) in [6, 6.07) is 5.68. The standard InChI is InChI=1S/C14H15N5O2/c1-9-7-19(13-11(6-15)4-3-5-16-13)8-12(20-9)14-18-17-10(2)21-14/h3-5,9,12H,7-8H2,1-2H3/t9-,12-/m1/s1. The first-order chi connectivity index (χ1) is 10.2. The zero-order valence-electron chi connectivity index (χ0n) is 11.9.